The molecular weight excluding hydrogens is 352 g/mol. The molecule has 7 heteroatoms. The predicted octanol–water partition coefficient (Wildman–Crippen LogP) is 2.04. The molecule has 0 radical (unpaired) electrons. The van der Waals surface area contributed by atoms with E-state index >= 15 is 0 Å². The number of piperidine rings is 1. The van der Waals surface area contributed by atoms with E-state index in [0.717, 1.165) is 67.9 Å². The van der Waals surface area contributed by atoms with Crippen molar-refractivity contribution >= 4 is 22.8 Å². The third kappa shape index (κ3) is 4.76. The highest BCUT2D eigenvalue weighted by atomic mass is 16.1. The van der Waals surface area contributed by atoms with E-state index in [9.17, 15) is 4.79 Å². The second-order valence-corrected chi connectivity index (χ2v) is 7.74. The van der Waals surface area contributed by atoms with Crippen LogP contribution in [0.15, 0.2) is 12.3 Å². The zero-order valence-electron chi connectivity index (χ0n) is 17.5. The topological polar surface area (TPSA) is 74.2 Å². The number of carbonyl (C=O) groups excluding carboxylic acids is 1. The molecule has 2 aromatic rings. The van der Waals surface area contributed by atoms with Crippen LogP contribution in [-0.2, 0) is 17.6 Å². The lowest BCUT2D eigenvalue weighted by molar-refractivity contribution is -0.125. The highest BCUT2D eigenvalue weighted by Crippen LogP contribution is 2.25. The molecule has 0 aliphatic carbocycles. The zero-order chi connectivity index (χ0) is 20.1. The molecule has 1 N–H and O–H groups in total. The van der Waals surface area contributed by atoms with Crippen LogP contribution in [0.4, 0.5) is 5.69 Å². The Morgan fingerprint density at radius 3 is 2.71 bits per heavy atom. The Morgan fingerprint density at radius 2 is 2.00 bits per heavy atom. The maximum absolute atomic E-state index is 12.5. The molecule has 3 rings (SSSR count). The molecule has 7 nitrogen and oxygen atoms in total. The van der Waals surface area contributed by atoms with Crippen molar-refractivity contribution in [1.29, 1.82) is 0 Å². The largest absolute Gasteiger partial charge is 0.369 e. The minimum atomic E-state index is 0.0198. The molecule has 0 aromatic carbocycles. The van der Waals surface area contributed by atoms with Crippen molar-refractivity contribution in [3.8, 4) is 0 Å². The van der Waals surface area contributed by atoms with Gasteiger partial charge in [0.05, 0.1) is 29.2 Å². The Balaban J connectivity index is 1.73. The Labute approximate surface area is 167 Å². The van der Waals surface area contributed by atoms with E-state index < -0.39 is 0 Å². The molecule has 1 amide bonds. The summed E-state index contributed by atoms with van der Waals surface area (Å²) in [6, 6.07) is 2.07. The quantitative estimate of drug-likeness (QED) is 0.787. The van der Waals surface area contributed by atoms with Gasteiger partial charge in [-0.05, 0) is 45.8 Å². The van der Waals surface area contributed by atoms with E-state index in [0.29, 0.717) is 12.2 Å². The third-order valence-electron chi connectivity index (χ3n) is 5.35. The number of hydrogen-bond donors (Lipinski definition) is 1. The summed E-state index contributed by atoms with van der Waals surface area (Å²) >= 11 is 0. The molecule has 1 saturated heterocycles. The summed E-state index contributed by atoms with van der Waals surface area (Å²) in [5, 5.41) is 3.07. The molecule has 0 bridgehead atoms. The van der Waals surface area contributed by atoms with Crippen LogP contribution < -0.4 is 10.2 Å². The van der Waals surface area contributed by atoms with Gasteiger partial charge in [0.1, 0.15) is 5.52 Å². The van der Waals surface area contributed by atoms with E-state index in [1.54, 1.807) is 0 Å². The van der Waals surface area contributed by atoms with Gasteiger partial charge in [-0.3, -0.25) is 4.79 Å². The average Bonchev–Trinajstić information content (AvgIpc) is 2.72. The molecule has 152 valence electrons. The van der Waals surface area contributed by atoms with Gasteiger partial charge >= 0.3 is 0 Å². The number of likely N-dealkylation sites (N-methyl/N-ethyl adjacent to an activating group) is 1. The standard InChI is InChI=1S/C21H32N6O/c1-5-17-18(6-2)25-20-19(24-17)12-16(13-23-20)27-10-7-8-15(14-27)21(28)22-9-11-26(3)4/h12-13,15H,5-11,14H2,1-4H3,(H,22,28)/t15-/m1/s1. The lowest BCUT2D eigenvalue weighted by atomic mass is 9.96. The summed E-state index contributed by atoms with van der Waals surface area (Å²) in [5.41, 5.74) is 4.64. The van der Waals surface area contributed by atoms with Gasteiger partial charge in [-0.15, -0.1) is 0 Å². The van der Waals surface area contributed by atoms with Gasteiger partial charge in [-0.25, -0.2) is 15.0 Å². The molecule has 28 heavy (non-hydrogen) atoms. The number of carbonyl (C=O) groups is 1. The van der Waals surface area contributed by atoms with E-state index in [1.165, 1.54) is 0 Å². The van der Waals surface area contributed by atoms with Gasteiger partial charge in [0.2, 0.25) is 5.91 Å². The van der Waals surface area contributed by atoms with E-state index in [1.807, 2.05) is 20.3 Å². The molecule has 1 aliphatic heterocycles. The molecule has 1 fully saturated rings. The van der Waals surface area contributed by atoms with Crippen molar-refractivity contribution in [2.24, 2.45) is 5.92 Å². The number of anilines is 1. The summed E-state index contributed by atoms with van der Waals surface area (Å²) in [6.45, 7) is 7.42. The van der Waals surface area contributed by atoms with Crippen molar-refractivity contribution in [2.45, 2.75) is 39.5 Å². The summed E-state index contributed by atoms with van der Waals surface area (Å²) in [4.78, 5) is 30.9. The van der Waals surface area contributed by atoms with Crippen molar-refractivity contribution in [2.75, 3.05) is 45.2 Å². The van der Waals surface area contributed by atoms with Gasteiger partial charge in [-0.2, -0.15) is 0 Å². The number of hydrogen-bond acceptors (Lipinski definition) is 6. The smallest absolute Gasteiger partial charge is 0.224 e. The maximum atomic E-state index is 12.5. The van der Waals surface area contributed by atoms with Gasteiger partial charge in [0.25, 0.3) is 0 Å². The number of nitrogens with one attached hydrogen (secondary N) is 1. The highest BCUT2D eigenvalue weighted by molar-refractivity contribution is 5.80. The SMILES string of the molecule is CCc1nc2cc(N3CCC[C@@H](C(=O)NCCN(C)C)C3)cnc2nc1CC. The highest BCUT2D eigenvalue weighted by Gasteiger charge is 2.26. The monoisotopic (exact) mass is 384 g/mol. The van der Waals surface area contributed by atoms with Crippen molar-refractivity contribution in [1.82, 2.24) is 25.2 Å². The molecule has 0 spiro atoms. The molecule has 2 aromatic heterocycles. The van der Waals surface area contributed by atoms with Crippen molar-refractivity contribution in [3.05, 3.63) is 23.7 Å². The van der Waals surface area contributed by atoms with Crippen LogP contribution in [0.25, 0.3) is 11.2 Å². The minimum Gasteiger partial charge on any atom is -0.369 e. The lowest BCUT2D eigenvalue weighted by Gasteiger charge is -2.33. The fourth-order valence-corrected chi connectivity index (χ4v) is 3.72. The number of amides is 1. The van der Waals surface area contributed by atoms with Crippen LogP contribution >= 0.6 is 0 Å². The van der Waals surface area contributed by atoms with Gasteiger partial charge in [0, 0.05) is 26.2 Å². The zero-order valence-corrected chi connectivity index (χ0v) is 17.5. The van der Waals surface area contributed by atoms with Crippen molar-refractivity contribution in [3.63, 3.8) is 0 Å². The number of pyridine rings is 1. The van der Waals surface area contributed by atoms with Gasteiger partial charge < -0.3 is 15.1 Å². The summed E-state index contributed by atoms with van der Waals surface area (Å²) in [7, 11) is 4.02. The fraction of sp³-hybridized carbons (Fsp3) is 0.619. The van der Waals surface area contributed by atoms with Crippen LogP contribution in [-0.4, -0.2) is 66.0 Å². The number of aromatic nitrogens is 3. The predicted molar refractivity (Wildman–Crippen MR) is 113 cm³/mol. The molecule has 0 saturated carbocycles. The first-order valence-corrected chi connectivity index (χ1v) is 10.3. The molecule has 0 unspecified atom stereocenters. The van der Waals surface area contributed by atoms with Crippen LogP contribution in [0.1, 0.15) is 38.1 Å². The Hall–Kier alpha value is -2.28. The number of fused-ring (bicyclic) bond motifs is 1. The lowest BCUT2D eigenvalue weighted by Crippen LogP contribution is -2.44. The number of rotatable bonds is 7. The van der Waals surface area contributed by atoms with E-state index in [4.69, 9.17) is 4.98 Å². The molecule has 1 aliphatic rings. The van der Waals surface area contributed by atoms with Gasteiger partial charge in [0.15, 0.2) is 5.65 Å². The number of nitrogens with zero attached hydrogens (tertiary/aromatic N) is 5. The first kappa shape index (κ1) is 20.5. The van der Waals surface area contributed by atoms with E-state index in [2.05, 4.69) is 45.0 Å². The second kappa shape index (κ2) is 9.28. The minimum absolute atomic E-state index is 0.0198. The molecular formula is C21H32N6O. The average molecular weight is 385 g/mol. The van der Waals surface area contributed by atoms with Gasteiger partial charge in [-0.1, -0.05) is 13.8 Å². The van der Waals surface area contributed by atoms with E-state index in [-0.39, 0.29) is 11.8 Å². The molecule has 1 atom stereocenters. The van der Waals surface area contributed by atoms with Crippen LogP contribution in [0.5, 0.6) is 0 Å². The summed E-state index contributed by atoms with van der Waals surface area (Å²) in [6.07, 6.45) is 5.55. The Bertz CT molecular complexity index is 822. The summed E-state index contributed by atoms with van der Waals surface area (Å²) < 4.78 is 0. The normalized spacial score (nSPS) is 17.3. The van der Waals surface area contributed by atoms with Crippen LogP contribution in [0, 0.1) is 5.92 Å². The first-order valence-electron chi connectivity index (χ1n) is 10.3. The van der Waals surface area contributed by atoms with Crippen molar-refractivity contribution < 1.29 is 4.79 Å². The maximum Gasteiger partial charge on any atom is 0.224 e. The third-order valence-corrected chi connectivity index (χ3v) is 5.35. The fourth-order valence-electron chi connectivity index (χ4n) is 3.72. The number of aryl methyl sites for hydroxylation is 2. The Morgan fingerprint density at radius 1 is 1.25 bits per heavy atom. The molecule has 3 heterocycles. The summed E-state index contributed by atoms with van der Waals surface area (Å²) in [5.74, 6) is 0.173. The van der Waals surface area contributed by atoms with Crippen LogP contribution in [0.3, 0.4) is 0 Å². The van der Waals surface area contributed by atoms with Crippen LogP contribution in [0.2, 0.25) is 0 Å². The first-order chi connectivity index (χ1) is 13.5. The Kier molecular flexibility index (Phi) is 6.78. The second-order valence-electron chi connectivity index (χ2n) is 7.74.